The van der Waals surface area contributed by atoms with Crippen molar-refractivity contribution in [3.05, 3.63) is 59.1 Å². The van der Waals surface area contributed by atoms with E-state index < -0.39 is 0 Å². The Morgan fingerprint density at radius 1 is 1.10 bits per heavy atom. The number of pyridine rings is 1. The van der Waals surface area contributed by atoms with E-state index in [9.17, 15) is 4.79 Å². The Morgan fingerprint density at radius 3 is 2.48 bits per heavy atom. The van der Waals surface area contributed by atoms with E-state index in [4.69, 9.17) is 16.1 Å². The molecule has 3 heterocycles. The molecule has 1 aliphatic rings. The Labute approximate surface area is 174 Å². The summed E-state index contributed by atoms with van der Waals surface area (Å²) in [6.07, 6.45) is 1.76. The van der Waals surface area contributed by atoms with Gasteiger partial charge in [0.05, 0.1) is 10.6 Å². The molecule has 0 aliphatic carbocycles. The Kier molecular flexibility index (Phi) is 5.49. The predicted molar refractivity (Wildman–Crippen MR) is 111 cm³/mol. The van der Waals surface area contributed by atoms with E-state index in [0.29, 0.717) is 48.5 Å². The Morgan fingerprint density at radius 2 is 1.86 bits per heavy atom. The molecule has 0 bridgehead atoms. The van der Waals surface area contributed by atoms with Crippen molar-refractivity contribution in [1.82, 2.24) is 20.0 Å². The molecule has 1 aromatic carbocycles. The monoisotopic (exact) mass is 411 g/mol. The quantitative estimate of drug-likeness (QED) is 0.648. The maximum atomic E-state index is 12.7. The number of amides is 1. The number of hydrogen-bond acceptors (Lipinski definition) is 6. The number of rotatable bonds is 4. The van der Waals surface area contributed by atoms with Gasteiger partial charge in [0.15, 0.2) is 0 Å². The van der Waals surface area contributed by atoms with Gasteiger partial charge in [0.25, 0.3) is 5.91 Å². The third-order valence-electron chi connectivity index (χ3n) is 4.94. The summed E-state index contributed by atoms with van der Waals surface area (Å²) >= 11 is 6.16. The molecule has 0 radical (unpaired) electrons. The molecule has 1 aliphatic heterocycles. The molecule has 7 nitrogen and oxygen atoms in total. The van der Waals surface area contributed by atoms with E-state index in [-0.39, 0.29) is 11.8 Å². The van der Waals surface area contributed by atoms with Crippen molar-refractivity contribution < 1.29 is 9.32 Å². The lowest BCUT2D eigenvalue weighted by molar-refractivity contribution is 0.0746. The van der Waals surface area contributed by atoms with Crippen LogP contribution in [0, 0.1) is 0 Å². The first-order valence-corrected chi connectivity index (χ1v) is 9.99. The molecule has 1 saturated heterocycles. The maximum absolute atomic E-state index is 12.7. The van der Waals surface area contributed by atoms with Crippen LogP contribution >= 0.6 is 11.6 Å². The predicted octanol–water partition coefficient (Wildman–Crippen LogP) is 3.87. The fraction of sp³-hybridized carbons (Fsp3) is 0.333. The largest absolute Gasteiger partial charge is 0.353 e. The molecular weight excluding hydrogens is 390 g/mol. The highest BCUT2D eigenvalue weighted by molar-refractivity contribution is 6.33. The number of nitrogens with zero attached hydrogens (tertiary/aromatic N) is 5. The molecule has 4 rings (SSSR count). The molecule has 0 N–H and O–H groups in total. The molecule has 0 unspecified atom stereocenters. The minimum absolute atomic E-state index is 0.0309. The van der Waals surface area contributed by atoms with Gasteiger partial charge < -0.3 is 14.3 Å². The topological polar surface area (TPSA) is 75.4 Å². The van der Waals surface area contributed by atoms with E-state index in [1.807, 2.05) is 43.0 Å². The third kappa shape index (κ3) is 4.10. The molecule has 3 aromatic rings. The van der Waals surface area contributed by atoms with Crippen LogP contribution in [0.5, 0.6) is 0 Å². The van der Waals surface area contributed by atoms with Crippen molar-refractivity contribution in [2.45, 2.75) is 19.8 Å². The van der Waals surface area contributed by atoms with Gasteiger partial charge in [-0.1, -0.05) is 42.7 Å². The summed E-state index contributed by atoms with van der Waals surface area (Å²) in [6, 6.07) is 11.1. The Balaban J connectivity index is 1.39. The van der Waals surface area contributed by atoms with Gasteiger partial charge in [-0.3, -0.25) is 4.79 Å². The number of carbonyl (C=O) groups is 1. The van der Waals surface area contributed by atoms with Crippen molar-refractivity contribution in [2.75, 3.05) is 31.1 Å². The van der Waals surface area contributed by atoms with Crippen LogP contribution in [0.2, 0.25) is 5.02 Å². The average molecular weight is 412 g/mol. The second kappa shape index (κ2) is 8.21. The van der Waals surface area contributed by atoms with Crippen molar-refractivity contribution in [2.24, 2.45) is 0 Å². The van der Waals surface area contributed by atoms with Gasteiger partial charge in [0.2, 0.25) is 11.7 Å². The van der Waals surface area contributed by atoms with E-state index >= 15 is 0 Å². The summed E-state index contributed by atoms with van der Waals surface area (Å²) < 4.78 is 5.26. The Hall–Kier alpha value is -2.93. The molecule has 1 amide bonds. The normalized spacial score (nSPS) is 14.5. The first kappa shape index (κ1) is 19.4. The van der Waals surface area contributed by atoms with E-state index in [2.05, 4.69) is 20.0 Å². The van der Waals surface area contributed by atoms with Gasteiger partial charge >= 0.3 is 0 Å². The number of hydrogen-bond donors (Lipinski definition) is 0. The van der Waals surface area contributed by atoms with Crippen molar-refractivity contribution >= 4 is 23.3 Å². The maximum Gasteiger partial charge on any atom is 0.255 e. The highest BCUT2D eigenvalue weighted by Crippen LogP contribution is 2.23. The fourth-order valence-corrected chi connectivity index (χ4v) is 3.45. The van der Waals surface area contributed by atoms with Crippen LogP contribution < -0.4 is 4.90 Å². The standard InChI is InChI=1S/C21H22ClN5O2/c1-14(2)20-24-19(25-29-20)15-7-8-18(23-13-15)26-9-11-27(12-10-26)21(28)16-5-3-4-6-17(16)22/h3-8,13-14H,9-12H2,1-2H3. The van der Waals surface area contributed by atoms with E-state index in [0.717, 1.165) is 11.4 Å². The summed E-state index contributed by atoms with van der Waals surface area (Å²) in [5, 5.41) is 4.51. The number of anilines is 1. The van der Waals surface area contributed by atoms with Crippen LogP contribution in [-0.2, 0) is 0 Å². The third-order valence-corrected chi connectivity index (χ3v) is 5.27. The molecule has 150 valence electrons. The molecule has 0 saturated carbocycles. The van der Waals surface area contributed by atoms with Crippen LogP contribution in [0.3, 0.4) is 0 Å². The number of piperazine rings is 1. The number of aromatic nitrogens is 3. The fourth-order valence-electron chi connectivity index (χ4n) is 3.24. The van der Waals surface area contributed by atoms with Crippen LogP contribution in [0.25, 0.3) is 11.4 Å². The summed E-state index contributed by atoms with van der Waals surface area (Å²) in [5.41, 5.74) is 1.36. The minimum atomic E-state index is -0.0309. The van der Waals surface area contributed by atoms with Gasteiger partial charge in [-0.05, 0) is 24.3 Å². The zero-order valence-corrected chi connectivity index (χ0v) is 17.1. The number of carbonyl (C=O) groups excluding carboxylic acids is 1. The molecule has 0 spiro atoms. The van der Waals surface area contributed by atoms with Crippen molar-refractivity contribution in [1.29, 1.82) is 0 Å². The molecule has 0 atom stereocenters. The van der Waals surface area contributed by atoms with Crippen LogP contribution in [-0.4, -0.2) is 52.1 Å². The molecule has 1 fully saturated rings. The van der Waals surface area contributed by atoms with Crippen LogP contribution in [0.4, 0.5) is 5.82 Å². The van der Waals surface area contributed by atoms with Crippen molar-refractivity contribution in [3.63, 3.8) is 0 Å². The zero-order valence-electron chi connectivity index (χ0n) is 16.4. The van der Waals surface area contributed by atoms with Gasteiger partial charge in [-0.2, -0.15) is 4.98 Å². The zero-order chi connectivity index (χ0) is 20.4. The van der Waals surface area contributed by atoms with Crippen LogP contribution in [0.1, 0.15) is 36.0 Å². The molecular formula is C21H22ClN5O2. The lowest BCUT2D eigenvalue weighted by atomic mass is 10.1. The minimum Gasteiger partial charge on any atom is -0.353 e. The molecule has 8 heteroatoms. The smallest absolute Gasteiger partial charge is 0.255 e. The SMILES string of the molecule is CC(C)c1nc(-c2ccc(N3CCN(C(=O)c4ccccc4Cl)CC3)nc2)no1. The molecule has 29 heavy (non-hydrogen) atoms. The van der Waals surface area contributed by atoms with E-state index in [1.165, 1.54) is 0 Å². The summed E-state index contributed by atoms with van der Waals surface area (Å²) in [7, 11) is 0. The summed E-state index contributed by atoms with van der Waals surface area (Å²) in [4.78, 5) is 25.7. The van der Waals surface area contributed by atoms with Gasteiger partial charge in [0, 0.05) is 43.9 Å². The second-order valence-electron chi connectivity index (χ2n) is 7.28. The van der Waals surface area contributed by atoms with Crippen molar-refractivity contribution in [3.8, 4) is 11.4 Å². The highest BCUT2D eigenvalue weighted by Gasteiger charge is 2.24. The van der Waals surface area contributed by atoms with Gasteiger partial charge in [0.1, 0.15) is 5.82 Å². The van der Waals surface area contributed by atoms with Gasteiger partial charge in [-0.15, -0.1) is 0 Å². The van der Waals surface area contributed by atoms with Gasteiger partial charge in [-0.25, -0.2) is 4.98 Å². The van der Waals surface area contributed by atoms with Crippen LogP contribution in [0.15, 0.2) is 47.1 Å². The van der Waals surface area contributed by atoms with E-state index in [1.54, 1.807) is 18.3 Å². The number of halogens is 1. The first-order chi connectivity index (χ1) is 14.0. The molecule has 2 aromatic heterocycles. The Bertz CT molecular complexity index is 994. The lowest BCUT2D eigenvalue weighted by Gasteiger charge is -2.35. The number of benzene rings is 1. The first-order valence-electron chi connectivity index (χ1n) is 9.61. The average Bonchev–Trinajstić information content (AvgIpc) is 3.25. The summed E-state index contributed by atoms with van der Waals surface area (Å²) in [5.74, 6) is 2.18. The lowest BCUT2D eigenvalue weighted by Crippen LogP contribution is -2.49. The second-order valence-corrected chi connectivity index (χ2v) is 7.68. The highest BCUT2D eigenvalue weighted by atomic mass is 35.5. The summed E-state index contributed by atoms with van der Waals surface area (Å²) in [6.45, 7) is 6.68.